The first kappa shape index (κ1) is 7.21. The molecule has 0 atom stereocenters. The van der Waals surface area contributed by atoms with E-state index in [1.807, 2.05) is 13.8 Å². The van der Waals surface area contributed by atoms with Gasteiger partial charge in [0.05, 0.1) is 5.71 Å². The number of hydrogen-bond donors (Lipinski definition) is 0. The molecule has 0 aromatic carbocycles. The average molecular weight is 113 g/mol. The lowest BCUT2D eigenvalue weighted by Crippen LogP contribution is -1.90. The summed E-state index contributed by atoms with van der Waals surface area (Å²) in [6.45, 7) is 7.40. The van der Waals surface area contributed by atoms with Crippen LogP contribution in [0, 0.1) is 0 Å². The summed E-state index contributed by atoms with van der Waals surface area (Å²) in [7, 11) is 1.52. The van der Waals surface area contributed by atoms with Crippen LogP contribution in [0.1, 0.15) is 13.8 Å². The monoisotopic (exact) mass is 113 g/mol. The van der Waals surface area contributed by atoms with Crippen molar-refractivity contribution in [2.75, 3.05) is 7.11 Å². The van der Waals surface area contributed by atoms with Crippen molar-refractivity contribution in [3.63, 3.8) is 0 Å². The zero-order valence-corrected chi connectivity index (χ0v) is 5.56. The summed E-state index contributed by atoms with van der Waals surface area (Å²) in [5.41, 5.74) is 1.78. The normalized spacial score (nSPS) is 11.1. The molecule has 0 bridgehead atoms. The molecule has 0 aromatic rings. The van der Waals surface area contributed by atoms with Crippen molar-refractivity contribution in [1.82, 2.24) is 0 Å². The van der Waals surface area contributed by atoms with Gasteiger partial charge in [0.2, 0.25) is 0 Å². The summed E-state index contributed by atoms with van der Waals surface area (Å²) in [6, 6.07) is 0. The molecule has 0 spiro atoms. The second-order valence-electron chi connectivity index (χ2n) is 1.64. The smallest absolute Gasteiger partial charge is 0.106 e. The van der Waals surface area contributed by atoms with Gasteiger partial charge in [-0.05, 0) is 19.4 Å². The van der Waals surface area contributed by atoms with Crippen LogP contribution in [0.15, 0.2) is 17.3 Å². The van der Waals surface area contributed by atoms with Gasteiger partial charge in [0, 0.05) is 0 Å². The highest BCUT2D eigenvalue weighted by atomic mass is 16.6. The molecule has 2 heteroatoms. The Hall–Kier alpha value is -0.790. The molecule has 0 aliphatic heterocycles. The van der Waals surface area contributed by atoms with Gasteiger partial charge in [0.1, 0.15) is 7.11 Å². The van der Waals surface area contributed by atoms with Gasteiger partial charge in [0.15, 0.2) is 0 Å². The number of hydrogen-bond acceptors (Lipinski definition) is 2. The van der Waals surface area contributed by atoms with Crippen molar-refractivity contribution in [3.8, 4) is 0 Å². The Morgan fingerprint density at radius 2 is 2.00 bits per heavy atom. The van der Waals surface area contributed by atoms with Crippen molar-refractivity contribution in [1.29, 1.82) is 0 Å². The average Bonchev–Trinajstić information content (AvgIpc) is 1.67. The van der Waals surface area contributed by atoms with Crippen LogP contribution in [-0.2, 0) is 4.84 Å². The number of oxime groups is 1. The second-order valence-corrected chi connectivity index (χ2v) is 1.64. The Bertz CT molecular complexity index is 116. The third-order valence-corrected chi connectivity index (χ3v) is 0.846. The van der Waals surface area contributed by atoms with Gasteiger partial charge in [-0.1, -0.05) is 11.7 Å². The van der Waals surface area contributed by atoms with Gasteiger partial charge < -0.3 is 4.84 Å². The Labute approximate surface area is 49.8 Å². The standard InChI is InChI=1S/C6H11NO/c1-5(2)6(3)7-8-4/h1H2,2-4H3/b7-6-. The first-order chi connectivity index (χ1) is 3.68. The molecule has 0 aliphatic carbocycles. The van der Waals surface area contributed by atoms with Gasteiger partial charge in [0.25, 0.3) is 0 Å². The lowest BCUT2D eigenvalue weighted by Gasteiger charge is -1.93. The van der Waals surface area contributed by atoms with Gasteiger partial charge in [-0.15, -0.1) is 0 Å². The zero-order valence-electron chi connectivity index (χ0n) is 5.56. The molecule has 0 aromatic heterocycles. The van der Waals surface area contributed by atoms with E-state index in [2.05, 4.69) is 16.6 Å². The lowest BCUT2D eigenvalue weighted by atomic mass is 10.2. The van der Waals surface area contributed by atoms with Crippen molar-refractivity contribution >= 4 is 5.71 Å². The quantitative estimate of drug-likeness (QED) is 0.393. The van der Waals surface area contributed by atoms with E-state index in [0.717, 1.165) is 11.3 Å². The summed E-state index contributed by atoms with van der Waals surface area (Å²) in [5.74, 6) is 0. The first-order valence-electron chi connectivity index (χ1n) is 2.42. The van der Waals surface area contributed by atoms with Crippen LogP contribution in [0.4, 0.5) is 0 Å². The Morgan fingerprint density at radius 3 is 2.12 bits per heavy atom. The number of allylic oxidation sites excluding steroid dienone is 1. The van der Waals surface area contributed by atoms with E-state index in [0.29, 0.717) is 0 Å². The fraction of sp³-hybridized carbons (Fsp3) is 0.500. The maximum absolute atomic E-state index is 4.49. The lowest BCUT2D eigenvalue weighted by molar-refractivity contribution is 0.213. The van der Waals surface area contributed by atoms with Gasteiger partial charge in [-0.3, -0.25) is 0 Å². The van der Waals surface area contributed by atoms with Crippen LogP contribution < -0.4 is 0 Å². The third kappa shape index (κ3) is 2.39. The highest BCUT2D eigenvalue weighted by molar-refractivity contribution is 5.96. The fourth-order valence-electron chi connectivity index (χ4n) is 0.215. The molecule has 0 fully saturated rings. The van der Waals surface area contributed by atoms with E-state index in [9.17, 15) is 0 Å². The Kier molecular flexibility index (Phi) is 2.92. The van der Waals surface area contributed by atoms with Crippen LogP contribution in [0.2, 0.25) is 0 Å². The van der Waals surface area contributed by atoms with E-state index < -0.39 is 0 Å². The van der Waals surface area contributed by atoms with Crippen LogP contribution in [0.3, 0.4) is 0 Å². The molecule has 0 unspecified atom stereocenters. The van der Waals surface area contributed by atoms with Gasteiger partial charge >= 0.3 is 0 Å². The van der Waals surface area contributed by atoms with Gasteiger partial charge in [-0.2, -0.15) is 0 Å². The van der Waals surface area contributed by atoms with Crippen molar-refractivity contribution < 1.29 is 4.84 Å². The summed E-state index contributed by atoms with van der Waals surface area (Å²) >= 11 is 0. The highest BCUT2D eigenvalue weighted by Gasteiger charge is 1.87. The predicted molar refractivity (Wildman–Crippen MR) is 34.9 cm³/mol. The summed E-state index contributed by atoms with van der Waals surface area (Å²) < 4.78 is 0. The molecule has 0 radical (unpaired) electrons. The maximum atomic E-state index is 4.49. The number of nitrogens with zero attached hydrogens (tertiary/aromatic N) is 1. The molecule has 0 rings (SSSR count). The fourth-order valence-corrected chi connectivity index (χ4v) is 0.215. The third-order valence-electron chi connectivity index (χ3n) is 0.846. The Balaban J connectivity index is 3.80. The second kappa shape index (κ2) is 3.24. The van der Waals surface area contributed by atoms with E-state index in [-0.39, 0.29) is 0 Å². The van der Waals surface area contributed by atoms with Gasteiger partial charge in [-0.25, -0.2) is 0 Å². The molecule has 0 saturated carbocycles. The summed E-state index contributed by atoms with van der Waals surface area (Å²) in [6.07, 6.45) is 0. The van der Waals surface area contributed by atoms with Crippen LogP contribution >= 0.6 is 0 Å². The van der Waals surface area contributed by atoms with E-state index in [4.69, 9.17) is 0 Å². The molecule has 0 aliphatic rings. The van der Waals surface area contributed by atoms with Crippen molar-refractivity contribution in [2.45, 2.75) is 13.8 Å². The van der Waals surface area contributed by atoms with Crippen molar-refractivity contribution in [3.05, 3.63) is 12.2 Å². The molecular formula is C6H11NO. The number of rotatable bonds is 2. The molecule has 0 saturated heterocycles. The molecular weight excluding hydrogens is 102 g/mol. The van der Waals surface area contributed by atoms with E-state index >= 15 is 0 Å². The predicted octanol–water partition coefficient (Wildman–Crippen LogP) is 1.58. The Morgan fingerprint density at radius 1 is 1.50 bits per heavy atom. The topological polar surface area (TPSA) is 21.6 Å². The molecule has 0 heterocycles. The molecule has 8 heavy (non-hydrogen) atoms. The molecule has 46 valence electrons. The minimum Gasteiger partial charge on any atom is -0.399 e. The van der Waals surface area contributed by atoms with Crippen LogP contribution in [0.25, 0.3) is 0 Å². The van der Waals surface area contributed by atoms with Crippen LogP contribution in [-0.4, -0.2) is 12.8 Å². The molecule has 0 amide bonds. The summed E-state index contributed by atoms with van der Waals surface area (Å²) in [4.78, 5) is 4.49. The minimum absolute atomic E-state index is 0.840. The zero-order chi connectivity index (χ0) is 6.57. The van der Waals surface area contributed by atoms with Crippen LogP contribution in [0.5, 0.6) is 0 Å². The molecule has 2 nitrogen and oxygen atoms in total. The van der Waals surface area contributed by atoms with E-state index in [1.54, 1.807) is 0 Å². The maximum Gasteiger partial charge on any atom is 0.106 e. The first-order valence-corrected chi connectivity index (χ1v) is 2.42. The van der Waals surface area contributed by atoms with Crippen molar-refractivity contribution in [2.24, 2.45) is 5.16 Å². The SMILES string of the molecule is C=C(C)/C(C)=N\OC. The van der Waals surface area contributed by atoms with E-state index in [1.165, 1.54) is 7.11 Å². The molecule has 0 N–H and O–H groups in total. The highest BCUT2D eigenvalue weighted by Crippen LogP contribution is 1.90. The largest absolute Gasteiger partial charge is 0.399 e. The summed E-state index contributed by atoms with van der Waals surface area (Å²) in [5, 5.41) is 3.64. The minimum atomic E-state index is 0.840.